The van der Waals surface area contributed by atoms with Gasteiger partial charge in [0, 0.05) is 38.8 Å². The first-order chi connectivity index (χ1) is 6.25. The molecule has 0 amide bonds. The van der Waals surface area contributed by atoms with Crippen molar-refractivity contribution in [2.45, 2.75) is 18.9 Å². The monoisotopic (exact) mass is 183 g/mol. The molecule has 1 saturated carbocycles. The summed E-state index contributed by atoms with van der Waals surface area (Å²) in [6, 6.07) is 0.448. The fourth-order valence-corrected chi connectivity index (χ4v) is 2.00. The lowest BCUT2D eigenvalue weighted by molar-refractivity contribution is 0.144. The Bertz CT molecular complexity index is 160. The number of hydrogen-bond donors (Lipinski definition) is 1. The van der Waals surface area contributed by atoms with Crippen LogP contribution in [0.5, 0.6) is 0 Å². The van der Waals surface area contributed by atoms with Crippen molar-refractivity contribution in [1.82, 2.24) is 9.80 Å². The number of likely N-dealkylation sites (N-methyl/N-ethyl adjacent to an activating group) is 1. The van der Waals surface area contributed by atoms with Crippen LogP contribution in [0.3, 0.4) is 0 Å². The molecule has 76 valence electrons. The maximum atomic E-state index is 6.09. The van der Waals surface area contributed by atoms with Gasteiger partial charge in [0.05, 0.1) is 0 Å². The molecule has 0 aromatic carbocycles. The fourth-order valence-electron chi connectivity index (χ4n) is 2.00. The third-order valence-corrected chi connectivity index (χ3v) is 3.29. The highest BCUT2D eigenvalue weighted by atomic mass is 15.2. The van der Waals surface area contributed by atoms with Gasteiger partial charge in [-0.2, -0.15) is 0 Å². The molecular weight excluding hydrogens is 162 g/mol. The first kappa shape index (κ1) is 9.44. The van der Waals surface area contributed by atoms with E-state index in [2.05, 4.69) is 16.8 Å². The van der Waals surface area contributed by atoms with Crippen LogP contribution in [0.4, 0.5) is 0 Å². The van der Waals surface area contributed by atoms with E-state index in [1.54, 1.807) is 0 Å². The third kappa shape index (κ3) is 2.66. The zero-order valence-corrected chi connectivity index (χ0v) is 8.58. The molecule has 0 radical (unpaired) electrons. The second-order valence-electron chi connectivity index (χ2n) is 4.61. The SMILES string of the molecule is CN1CCN(CC(N)C2CC2)CC1. The van der Waals surface area contributed by atoms with Crippen molar-refractivity contribution in [2.24, 2.45) is 11.7 Å². The summed E-state index contributed by atoms with van der Waals surface area (Å²) < 4.78 is 0. The molecule has 1 atom stereocenters. The van der Waals surface area contributed by atoms with Gasteiger partial charge in [0.15, 0.2) is 0 Å². The summed E-state index contributed by atoms with van der Waals surface area (Å²) in [5.74, 6) is 0.847. The lowest BCUT2D eigenvalue weighted by atomic mass is 10.2. The molecular formula is C10H21N3. The molecule has 1 heterocycles. The topological polar surface area (TPSA) is 32.5 Å². The molecule has 1 saturated heterocycles. The van der Waals surface area contributed by atoms with Gasteiger partial charge in [-0.15, -0.1) is 0 Å². The predicted molar refractivity (Wildman–Crippen MR) is 54.6 cm³/mol. The molecule has 2 fully saturated rings. The Hall–Kier alpha value is -0.120. The van der Waals surface area contributed by atoms with E-state index in [1.165, 1.54) is 39.0 Å². The molecule has 2 aliphatic rings. The molecule has 2 N–H and O–H groups in total. The molecule has 13 heavy (non-hydrogen) atoms. The summed E-state index contributed by atoms with van der Waals surface area (Å²) in [5, 5.41) is 0. The maximum Gasteiger partial charge on any atom is 0.0196 e. The highest BCUT2D eigenvalue weighted by Gasteiger charge is 2.30. The molecule has 1 unspecified atom stereocenters. The summed E-state index contributed by atoms with van der Waals surface area (Å²) in [6.07, 6.45) is 2.74. The molecule has 2 rings (SSSR count). The normalized spacial score (nSPS) is 29.1. The van der Waals surface area contributed by atoms with E-state index >= 15 is 0 Å². The van der Waals surface area contributed by atoms with E-state index < -0.39 is 0 Å². The van der Waals surface area contributed by atoms with Gasteiger partial charge in [0.1, 0.15) is 0 Å². The van der Waals surface area contributed by atoms with Crippen molar-refractivity contribution >= 4 is 0 Å². The average molecular weight is 183 g/mol. The predicted octanol–water partition coefficient (Wildman–Crippen LogP) is -0.0289. The number of hydrogen-bond acceptors (Lipinski definition) is 3. The molecule has 3 heteroatoms. The van der Waals surface area contributed by atoms with E-state index in [0.29, 0.717) is 6.04 Å². The van der Waals surface area contributed by atoms with Gasteiger partial charge in [-0.05, 0) is 25.8 Å². The van der Waals surface area contributed by atoms with Crippen LogP contribution < -0.4 is 5.73 Å². The van der Waals surface area contributed by atoms with Crippen LogP contribution in [-0.2, 0) is 0 Å². The molecule has 1 aliphatic heterocycles. The molecule has 0 bridgehead atoms. The minimum absolute atomic E-state index is 0.448. The van der Waals surface area contributed by atoms with E-state index in [9.17, 15) is 0 Å². The number of nitrogens with two attached hydrogens (primary N) is 1. The highest BCUT2D eigenvalue weighted by molar-refractivity contribution is 4.86. The van der Waals surface area contributed by atoms with E-state index in [-0.39, 0.29) is 0 Å². The summed E-state index contributed by atoms with van der Waals surface area (Å²) in [6.45, 7) is 5.95. The second-order valence-corrected chi connectivity index (χ2v) is 4.61. The summed E-state index contributed by atoms with van der Waals surface area (Å²) in [4.78, 5) is 4.90. The molecule has 0 aromatic rings. The average Bonchev–Trinajstić information content (AvgIpc) is 2.91. The Morgan fingerprint density at radius 1 is 1.23 bits per heavy atom. The minimum Gasteiger partial charge on any atom is -0.326 e. The fraction of sp³-hybridized carbons (Fsp3) is 1.00. The van der Waals surface area contributed by atoms with Crippen LogP contribution in [0.2, 0.25) is 0 Å². The maximum absolute atomic E-state index is 6.09. The number of piperazine rings is 1. The lowest BCUT2D eigenvalue weighted by Crippen LogP contribution is -2.49. The second kappa shape index (κ2) is 3.95. The Morgan fingerprint density at radius 2 is 1.85 bits per heavy atom. The lowest BCUT2D eigenvalue weighted by Gasteiger charge is -2.33. The smallest absolute Gasteiger partial charge is 0.0196 e. The molecule has 3 nitrogen and oxygen atoms in total. The van der Waals surface area contributed by atoms with Gasteiger partial charge in [-0.1, -0.05) is 0 Å². The van der Waals surface area contributed by atoms with E-state index in [0.717, 1.165) is 12.5 Å². The summed E-state index contributed by atoms with van der Waals surface area (Å²) >= 11 is 0. The number of rotatable bonds is 3. The van der Waals surface area contributed by atoms with Crippen molar-refractivity contribution in [3.05, 3.63) is 0 Å². The van der Waals surface area contributed by atoms with Crippen molar-refractivity contribution in [3.8, 4) is 0 Å². The van der Waals surface area contributed by atoms with Crippen molar-refractivity contribution in [1.29, 1.82) is 0 Å². The molecule has 0 spiro atoms. The van der Waals surface area contributed by atoms with Gasteiger partial charge in [0.25, 0.3) is 0 Å². The Morgan fingerprint density at radius 3 is 2.38 bits per heavy atom. The van der Waals surface area contributed by atoms with Crippen LogP contribution >= 0.6 is 0 Å². The Balaban J connectivity index is 1.69. The first-order valence-electron chi connectivity index (χ1n) is 5.42. The van der Waals surface area contributed by atoms with E-state index in [1.807, 2.05) is 0 Å². The van der Waals surface area contributed by atoms with Crippen molar-refractivity contribution in [3.63, 3.8) is 0 Å². The van der Waals surface area contributed by atoms with Crippen LogP contribution in [0.15, 0.2) is 0 Å². The van der Waals surface area contributed by atoms with Gasteiger partial charge < -0.3 is 10.6 Å². The quantitative estimate of drug-likeness (QED) is 0.667. The van der Waals surface area contributed by atoms with E-state index in [4.69, 9.17) is 5.73 Å². The third-order valence-electron chi connectivity index (χ3n) is 3.29. The minimum atomic E-state index is 0.448. The molecule has 0 aromatic heterocycles. The van der Waals surface area contributed by atoms with Crippen molar-refractivity contribution in [2.75, 3.05) is 39.8 Å². The largest absolute Gasteiger partial charge is 0.326 e. The molecule has 1 aliphatic carbocycles. The zero-order chi connectivity index (χ0) is 9.26. The first-order valence-corrected chi connectivity index (χ1v) is 5.42. The van der Waals surface area contributed by atoms with Crippen LogP contribution in [-0.4, -0.2) is 55.6 Å². The summed E-state index contributed by atoms with van der Waals surface area (Å²) in [5.41, 5.74) is 6.09. The van der Waals surface area contributed by atoms with Crippen LogP contribution in [0, 0.1) is 5.92 Å². The van der Waals surface area contributed by atoms with Gasteiger partial charge >= 0.3 is 0 Å². The Kier molecular flexibility index (Phi) is 2.86. The standard InChI is InChI=1S/C10H21N3/c1-12-4-6-13(7-5-12)8-10(11)9-2-3-9/h9-10H,2-8,11H2,1H3. The van der Waals surface area contributed by atoms with Gasteiger partial charge in [-0.3, -0.25) is 4.90 Å². The number of nitrogens with zero attached hydrogens (tertiary/aromatic N) is 2. The van der Waals surface area contributed by atoms with Crippen molar-refractivity contribution < 1.29 is 0 Å². The Labute approximate surface area is 80.9 Å². The summed E-state index contributed by atoms with van der Waals surface area (Å²) in [7, 11) is 2.19. The van der Waals surface area contributed by atoms with Crippen LogP contribution in [0.25, 0.3) is 0 Å². The van der Waals surface area contributed by atoms with Gasteiger partial charge in [0.2, 0.25) is 0 Å². The highest BCUT2D eigenvalue weighted by Crippen LogP contribution is 2.31. The van der Waals surface area contributed by atoms with Crippen LogP contribution in [0.1, 0.15) is 12.8 Å². The zero-order valence-electron chi connectivity index (χ0n) is 8.58. The van der Waals surface area contributed by atoms with Gasteiger partial charge in [-0.25, -0.2) is 0 Å².